The Morgan fingerprint density at radius 3 is 2.85 bits per heavy atom. The average molecular weight is 274 g/mol. The molecule has 1 aromatic carbocycles. The van der Waals surface area contributed by atoms with E-state index in [1.54, 1.807) is 13.4 Å². The number of methoxy groups -OCH3 is 1. The topological polar surface area (TPSA) is 52.0 Å². The van der Waals surface area contributed by atoms with Gasteiger partial charge in [0.25, 0.3) is 0 Å². The van der Waals surface area contributed by atoms with Crippen molar-refractivity contribution in [2.24, 2.45) is 7.05 Å². The summed E-state index contributed by atoms with van der Waals surface area (Å²) in [4.78, 5) is 4.30. The van der Waals surface area contributed by atoms with Gasteiger partial charge in [0, 0.05) is 19.5 Å². The van der Waals surface area contributed by atoms with Crippen LogP contribution in [-0.2, 0) is 19.9 Å². The summed E-state index contributed by atoms with van der Waals surface area (Å²) in [7, 11) is 3.62. The number of benzene rings is 1. The fraction of sp³-hybridized carbons (Fsp3) is 0.467. The largest absolute Gasteiger partial charge is 0.497 e. The monoisotopic (exact) mass is 274 g/mol. The van der Waals surface area contributed by atoms with E-state index in [0.29, 0.717) is 6.04 Å². The van der Waals surface area contributed by atoms with Crippen molar-refractivity contribution in [3.05, 3.63) is 42.0 Å². The minimum atomic E-state index is 0.343. The summed E-state index contributed by atoms with van der Waals surface area (Å²) in [6.07, 6.45) is 3.41. The van der Waals surface area contributed by atoms with Gasteiger partial charge in [-0.25, -0.2) is 4.98 Å². The van der Waals surface area contributed by atoms with E-state index in [2.05, 4.69) is 34.5 Å². The molecular formula is C15H22N4O. The number of nitrogens with zero attached hydrogens (tertiary/aromatic N) is 3. The molecule has 0 fully saturated rings. The van der Waals surface area contributed by atoms with Crippen LogP contribution in [0.3, 0.4) is 0 Å². The zero-order valence-electron chi connectivity index (χ0n) is 12.3. The second kappa shape index (κ2) is 7.05. The highest BCUT2D eigenvalue weighted by Gasteiger charge is 2.13. The van der Waals surface area contributed by atoms with Gasteiger partial charge < -0.3 is 10.1 Å². The van der Waals surface area contributed by atoms with Gasteiger partial charge in [-0.05, 0) is 30.7 Å². The molecule has 5 heteroatoms. The van der Waals surface area contributed by atoms with Crippen LogP contribution in [-0.4, -0.2) is 34.5 Å². The van der Waals surface area contributed by atoms with Gasteiger partial charge in [-0.15, -0.1) is 0 Å². The van der Waals surface area contributed by atoms with E-state index in [4.69, 9.17) is 4.74 Å². The maximum absolute atomic E-state index is 5.27. The normalized spacial score (nSPS) is 12.3. The minimum absolute atomic E-state index is 0.343. The van der Waals surface area contributed by atoms with Crippen LogP contribution in [0.1, 0.15) is 18.3 Å². The highest BCUT2D eigenvalue weighted by molar-refractivity contribution is 5.29. The molecule has 0 spiro atoms. The van der Waals surface area contributed by atoms with Crippen molar-refractivity contribution in [3.8, 4) is 5.75 Å². The molecule has 0 saturated heterocycles. The quantitative estimate of drug-likeness (QED) is 0.833. The van der Waals surface area contributed by atoms with Crippen LogP contribution in [0, 0.1) is 0 Å². The van der Waals surface area contributed by atoms with Gasteiger partial charge in [-0.2, -0.15) is 5.10 Å². The van der Waals surface area contributed by atoms with Crippen LogP contribution in [0.2, 0.25) is 0 Å². The highest BCUT2D eigenvalue weighted by atomic mass is 16.5. The molecule has 20 heavy (non-hydrogen) atoms. The lowest BCUT2D eigenvalue weighted by atomic mass is 10.0. The first-order valence-electron chi connectivity index (χ1n) is 6.92. The molecule has 1 aromatic heterocycles. The van der Waals surface area contributed by atoms with Gasteiger partial charge in [0.1, 0.15) is 17.9 Å². The number of hydrogen-bond donors (Lipinski definition) is 1. The van der Waals surface area contributed by atoms with Gasteiger partial charge in [0.2, 0.25) is 0 Å². The molecule has 2 aromatic rings. The fourth-order valence-corrected chi connectivity index (χ4v) is 2.31. The van der Waals surface area contributed by atoms with Gasteiger partial charge in [0.15, 0.2) is 0 Å². The molecule has 0 radical (unpaired) electrons. The number of nitrogens with one attached hydrogen (secondary N) is 1. The molecule has 0 aliphatic heterocycles. The molecule has 1 N–H and O–H groups in total. The van der Waals surface area contributed by atoms with E-state index in [9.17, 15) is 0 Å². The first kappa shape index (κ1) is 14.5. The van der Waals surface area contributed by atoms with Crippen LogP contribution in [0.25, 0.3) is 0 Å². The van der Waals surface area contributed by atoms with Crippen LogP contribution in [0.4, 0.5) is 0 Å². The lowest BCUT2D eigenvalue weighted by molar-refractivity contribution is 0.413. The number of aryl methyl sites for hydroxylation is 1. The van der Waals surface area contributed by atoms with E-state index in [-0.39, 0.29) is 0 Å². The van der Waals surface area contributed by atoms with E-state index in [1.807, 2.05) is 23.9 Å². The maximum Gasteiger partial charge on any atom is 0.138 e. The first-order chi connectivity index (χ1) is 9.72. The zero-order valence-corrected chi connectivity index (χ0v) is 12.3. The Morgan fingerprint density at radius 2 is 2.20 bits per heavy atom. The summed E-state index contributed by atoms with van der Waals surface area (Å²) in [6.45, 7) is 3.06. The fourth-order valence-electron chi connectivity index (χ4n) is 2.31. The third-order valence-corrected chi connectivity index (χ3v) is 3.34. The van der Waals surface area contributed by atoms with Crippen molar-refractivity contribution in [2.75, 3.05) is 13.7 Å². The predicted molar refractivity (Wildman–Crippen MR) is 78.9 cm³/mol. The summed E-state index contributed by atoms with van der Waals surface area (Å²) in [5.41, 5.74) is 1.26. The minimum Gasteiger partial charge on any atom is -0.497 e. The van der Waals surface area contributed by atoms with Gasteiger partial charge in [-0.1, -0.05) is 19.1 Å². The summed E-state index contributed by atoms with van der Waals surface area (Å²) >= 11 is 0. The van der Waals surface area contributed by atoms with Crippen LogP contribution < -0.4 is 10.1 Å². The van der Waals surface area contributed by atoms with Crippen molar-refractivity contribution >= 4 is 0 Å². The Kier molecular flexibility index (Phi) is 5.12. The number of ether oxygens (including phenoxy) is 1. The van der Waals surface area contributed by atoms with Crippen molar-refractivity contribution in [1.82, 2.24) is 20.1 Å². The van der Waals surface area contributed by atoms with Crippen molar-refractivity contribution in [3.63, 3.8) is 0 Å². The molecule has 0 bridgehead atoms. The Labute approximate surface area is 120 Å². The van der Waals surface area contributed by atoms with Gasteiger partial charge >= 0.3 is 0 Å². The van der Waals surface area contributed by atoms with Crippen molar-refractivity contribution in [1.29, 1.82) is 0 Å². The van der Waals surface area contributed by atoms with E-state index < -0.39 is 0 Å². The SMILES string of the molecule is CCNC(Cc1cccc(OC)c1)Cc1ncnn1C. The molecular weight excluding hydrogens is 252 g/mol. The Morgan fingerprint density at radius 1 is 1.35 bits per heavy atom. The molecule has 0 aliphatic rings. The molecule has 108 valence electrons. The van der Waals surface area contributed by atoms with Crippen LogP contribution in [0.15, 0.2) is 30.6 Å². The molecule has 1 unspecified atom stereocenters. The average Bonchev–Trinajstić information content (AvgIpc) is 2.85. The van der Waals surface area contributed by atoms with Crippen LogP contribution >= 0.6 is 0 Å². The predicted octanol–water partition coefficient (Wildman–Crippen LogP) is 1.59. The van der Waals surface area contributed by atoms with Crippen molar-refractivity contribution < 1.29 is 4.74 Å². The molecule has 1 heterocycles. The summed E-state index contributed by atoms with van der Waals surface area (Å²) in [6, 6.07) is 8.55. The van der Waals surface area contributed by atoms with E-state index in [0.717, 1.165) is 31.0 Å². The molecule has 0 amide bonds. The maximum atomic E-state index is 5.27. The number of rotatable bonds is 7. The summed E-state index contributed by atoms with van der Waals surface area (Å²) < 4.78 is 7.10. The Balaban J connectivity index is 2.06. The Hall–Kier alpha value is -1.88. The molecule has 0 saturated carbocycles. The molecule has 5 nitrogen and oxygen atoms in total. The van der Waals surface area contributed by atoms with E-state index in [1.165, 1.54) is 5.56 Å². The smallest absolute Gasteiger partial charge is 0.138 e. The molecule has 0 aliphatic carbocycles. The Bertz CT molecular complexity index is 538. The van der Waals surface area contributed by atoms with E-state index >= 15 is 0 Å². The first-order valence-corrected chi connectivity index (χ1v) is 6.92. The highest BCUT2D eigenvalue weighted by Crippen LogP contribution is 2.15. The third kappa shape index (κ3) is 3.81. The van der Waals surface area contributed by atoms with Crippen LogP contribution in [0.5, 0.6) is 5.75 Å². The third-order valence-electron chi connectivity index (χ3n) is 3.34. The standard InChI is InChI=1S/C15H22N4O/c1-4-16-13(10-15-17-11-18-19(15)2)8-12-6-5-7-14(9-12)20-3/h5-7,9,11,13,16H,4,8,10H2,1-3H3. The lowest BCUT2D eigenvalue weighted by Crippen LogP contribution is -2.34. The van der Waals surface area contributed by atoms with Gasteiger partial charge in [-0.3, -0.25) is 4.68 Å². The summed E-state index contributed by atoms with van der Waals surface area (Å²) in [5, 5.41) is 7.63. The molecule has 2 rings (SSSR count). The zero-order chi connectivity index (χ0) is 14.4. The number of hydrogen-bond acceptors (Lipinski definition) is 4. The van der Waals surface area contributed by atoms with Gasteiger partial charge in [0.05, 0.1) is 7.11 Å². The second-order valence-corrected chi connectivity index (χ2v) is 4.81. The van der Waals surface area contributed by atoms with Crippen molar-refractivity contribution in [2.45, 2.75) is 25.8 Å². The summed E-state index contributed by atoms with van der Waals surface area (Å²) in [5.74, 6) is 1.90. The number of aromatic nitrogens is 3. The second-order valence-electron chi connectivity index (χ2n) is 4.81. The molecule has 1 atom stereocenters. The lowest BCUT2D eigenvalue weighted by Gasteiger charge is -2.17. The number of likely N-dealkylation sites (N-methyl/N-ethyl adjacent to an activating group) is 1.